The van der Waals surface area contributed by atoms with Crippen molar-refractivity contribution < 1.29 is 14.3 Å². The number of carbonyl (C=O) groups is 1. The third-order valence-electron chi connectivity index (χ3n) is 2.79. The highest BCUT2D eigenvalue weighted by atomic mass is 35.5. The van der Waals surface area contributed by atoms with Crippen molar-refractivity contribution in [1.82, 2.24) is 4.98 Å². The van der Waals surface area contributed by atoms with Crippen LogP contribution in [-0.2, 0) is 4.74 Å². The van der Waals surface area contributed by atoms with Gasteiger partial charge in [0.15, 0.2) is 0 Å². The minimum atomic E-state index is -0.520. The van der Waals surface area contributed by atoms with Gasteiger partial charge in [-0.2, -0.15) is 0 Å². The quantitative estimate of drug-likeness (QED) is 0.511. The van der Waals surface area contributed by atoms with E-state index in [9.17, 15) is 4.79 Å². The zero-order valence-corrected chi connectivity index (χ0v) is 11.8. The second-order valence-corrected chi connectivity index (χ2v) is 4.29. The average Bonchev–Trinajstić information content (AvgIpc) is 2.46. The van der Waals surface area contributed by atoms with E-state index in [0.29, 0.717) is 27.4 Å². The van der Waals surface area contributed by atoms with Crippen molar-refractivity contribution in [3.8, 4) is 5.75 Å². The molecular weight excluding hydrogens is 282 g/mol. The molecule has 0 aliphatic rings. The van der Waals surface area contributed by atoms with E-state index in [-0.39, 0.29) is 12.2 Å². The first-order valence-corrected chi connectivity index (χ1v) is 6.30. The van der Waals surface area contributed by atoms with Gasteiger partial charge in [-0.05, 0) is 19.1 Å². The maximum atomic E-state index is 11.9. The maximum absolute atomic E-state index is 11.9. The van der Waals surface area contributed by atoms with Crippen LogP contribution >= 0.6 is 11.6 Å². The van der Waals surface area contributed by atoms with Crippen LogP contribution in [0.15, 0.2) is 18.3 Å². The van der Waals surface area contributed by atoms with Gasteiger partial charge in [-0.25, -0.2) is 4.79 Å². The van der Waals surface area contributed by atoms with Gasteiger partial charge in [0, 0.05) is 11.6 Å². The van der Waals surface area contributed by atoms with E-state index in [1.807, 2.05) is 0 Å². The van der Waals surface area contributed by atoms with E-state index in [1.165, 1.54) is 13.3 Å². The molecule has 0 radical (unpaired) electrons. The predicted molar refractivity (Wildman–Crippen MR) is 77.1 cm³/mol. The van der Waals surface area contributed by atoms with Crippen molar-refractivity contribution in [3.63, 3.8) is 0 Å². The smallest absolute Gasteiger partial charge is 0.341 e. The molecular formula is C13H14ClN3O3. The highest BCUT2D eigenvalue weighted by molar-refractivity contribution is 6.37. The fraction of sp³-hybridized carbons (Fsp3) is 0.231. The molecule has 0 aliphatic heterocycles. The third-order valence-corrected chi connectivity index (χ3v) is 3.11. The molecule has 2 rings (SSSR count). The van der Waals surface area contributed by atoms with Crippen molar-refractivity contribution in [2.24, 2.45) is 5.84 Å². The Labute approximate surface area is 120 Å². The summed E-state index contributed by atoms with van der Waals surface area (Å²) in [6, 6.07) is 3.35. The minimum Gasteiger partial charge on any atom is -0.494 e. The van der Waals surface area contributed by atoms with Crippen LogP contribution in [0.2, 0.25) is 5.02 Å². The van der Waals surface area contributed by atoms with Gasteiger partial charge in [0.1, 0.15) is 16.8 Å². The van der Waals surface area contributed by atoms with Gasteiger partial charge in [0.2, 0.25) is 0 Å². The molecule has 0 aliphatic carbocycles. The number of nitrogens with two attached hydrogens (primary N) is 1. The summed E-state index contributed by atoms with van der Waals surface area (Å²) < 4.78 is 10.2. The summed E-state index contributed by atoms with van der Waals surface area (Å²) in [5.41, 5.74) is 3.58. The molecule has 0 saturated carbocycles. The fourth-order valence-electron chi connectivity index (χ4n) is 1.92. The largest absolute Gasteiger partial charge is 0.494 e. The first kappa shape index (κ1) is 14.4. The number of ether oxygens (including phenoxy) is 2. The zero-order chi connectivity index (χ0) is 14.7. The first-order chi connectivity index (χ1) is 9.63. The Bertz CT molecular complexity index is 661. The molecule has 0 bridgehead atoms. The van der Waals surface area contributed by atoms with Crippen LogP contribution in [0.5, 0.6) is 5.75 Å². The number of anilines is 1. The molecule has 6 nitrogen and oxygen atoms in total. The van der Waals surface area contributed by atoms with Crippen LogP contribution in [0, 0.1) is 0 Å². The monoisotopic (exact) mass is 295 g/mol. The molecule has 0 fully saturated rings. The normalized spacial score (nSPS) is 10.4. The second-order valence-electron chi connectivity index (χ2n) is 3.88. The Balaban J connectivity index is 2.76. The van der Waals surface area contributed by atoms with Gasteiger partial charge >= 0.3 is 5.97 Å². The van der Waals surface area contributed by atoms with Gasteiger partial charge in [-0.15, -0.1) is 0 Å². The molecule has 3 N–H and O–H groups in total. The summed E-state index contributed by atoms with van der Waals surface area (Å²) in [6.45, 7) is 1.98. The van der Waals surface area contributed by atoms with Gasteiger partial charge in [-0.3, -0.25) is 10.8 Å². The van der Waals surface area contributed by atoms with E-state index < -0.39 is 5.97 Å². The summed E-state index contributed by atoms with van der Waals surface area (Å²) in [6.07, 6.45) is 1.38. The lowest BCUT2D eigenvalue weighted by Crippen LogP contribution is -2.15. The number of hydrogen-bond donors (Lipinski definition) is 2. The number of methoxy groups -OCH3 is 1. The lowest BCUT2D eigenvalue weighted by molar-refractivity contribution is 0.0527. The van der Waals surface area contributed by atoms with Crippen molar-refractivity contribution in [2.75, 3.05) is 19.1 Å². The van der Waals surface area contributed by atoms with Crippen LogP contribution < -0.4 is 16.0 Å². The van der Waals surface area contributed by atoms with Gasteiger partial charge < -0.3 is 14.9 Å². The highest BCUT2D eigenvalue weighted by Gasteiger charge is 2.19. The summed E-state index contributed by atoms with van der Waals surface area (Å²) in [5.74, 6) is 5.54. The summed E-state index contributed by atoms with van der Waals surface area (Å²) >= 11 is 6.18. The molecule has 0 saturated heterocycles. The highest BCUT2D eigenvalue weighted by Crippen LogP contribution is 2.36. The minimum absolute atomic E-state index is 0.219. The van der Waals surface area contributed by atoms with Gasteiger partial charge in [0.05, 0.1) is 24.4 Å². The summed E-state index contributed by atoms with van der Waals surface area (Å²) in [7, 11) is 1.53. The number of pyridine rings is 1. The Morgan fingerprint density at radius 2 is 2.25 bits per heavy atom. The molecule has 2 aromatic rings. The van der Waals surface area contributed by atoms with Gasteiger partial charge in [0.25, 0.3) is 0 Å². The first-order valence-electron chi connectivity index (χ1n) is 5.93. The summed E-state index contributed by atoms with van der Waals surface area (Å²) in [4.78, 5) is 16.1. The number of rotatable bonds is 4. The number of carbonyl (C=O) groups excluding carboxylic acids is 1. The zero-order valence-electron chi connectivity index (χ0n) is 11.1. The van der Waals surface area contributed by atoms with E-state index in [4.69, 9.17) is 26.9 Å². The maximum Gasteiger partial charge on any atom is 0.341 e. The molecule has 106 valence electrons. The van der Waals surface area contributed by atoms with Crippen molar-refractivity contribution in [3.05, 3.63) is 28.9 Å². The predicted octanol–water partition coefficient (Wildman–Crippen LogP) is 2.36. The molecule has 1 aromatic heterocycles. The van der Waals surface area contributed by atoms with Crippen LogP contribution in [0.4, 0.5) is 5.69 Å². The standard InChI is InChI=1S/C13H14ClN3O3/c1-3-20-13(18)7-6-16-12-9(19-2)5-4-8(14)10(12)11(7)17-15/h4-6H,3,15H2,1-2H3,(H,16,17). The van der Waals surface area contributed by atoms with E-state index in [1.54, 1.807) is 19.1 Å². The SMILES string of the molecule is CCOC(=O)c1cnc2c(OC)ccc(Cl)c2c1NN. The average molecular weight is 296 g/mol. The molecule has 20 heavy (non-hydrogen) atoms. The molecule has 0 atom stereocenters. The molecule has 1 aromatic carbocycles. The number of nitrogens with zero attached hydrogens (tertiary/aromatic N) is 1. The number of benzene rings is 1. The number of aromatic nitrogens is 1. The molecule has 0 amide bonds. The van der Waals surface area contributed by atoms with E-state index >= 15 is 0 Å². The number of nitrogen functional groups attached to an aromatic ring is 1. The molecule has 7 heteroatoms. The molecule has 0 spiro atoms. The Morgan fingerprint density at radius 1 is 1.50 bits per heavy atom. The van der Waals surface area contributed by atoms with Crippen LogP contribution in [0.3, 0.4) is 0 Å². The lowest BCUT2D eigenvalue weighted by Gasteiger charge is -2.13. The number of hydrazine groups is 1. The summed E-state index contributed by atoms with van der Waals surface area (Å²) in [5, 5.41) is 0.923. The topological polar surface area (TPSA) is 86.5 Å². The number of halogens is 1. The Morgan fingerprint density at radius 3 is 2.85 bits per heavy atom. The molecule has 0 unspecified atom stereocenters. The number of nitrogens with one attached hydrogen (secondary N) is 1. The number of esters is 1. The number of hydrogen-bond acceptors (Lipinski definition) is 6. The van der Waals surface area contributed by atoms with Crippen molar-refractivity contribution >= 4 is 34.2 Å². The molecule has 1 heterocycles. The van der Waals surface area contributed by atoms with Crippen LogP contribution in [0.1, 0.15) is 17.3 Å². The fourth-order valence-corrected chi connectivity index (χ4v) is 2.17. The van der Waals surface area contributed by atoms with Gasteiger partial charge in [-0.1, -0.05) is 11.6 Å². The van der Waals surface area contributed by atoms with Crippen LogP contribution in [-0.4, -0.2) is 24.7 Å². The Kier molecular flexibility index (Phi) is 4.26. The third kappa shape index (κ3) is 2.35. The lowest BCUT2D eigenvalue weighted by atomic mass is 10.1. The van der Waals surface area contributed by atoms with E-state index in [0.717, 1.165) is 0 Å². The Hall–Kier alpha value is -2.05. The second kappa shape index (κ2) is 5.94. The van der Waals surface area contributed by atoms with Crippen molar-refractivity contribution in [2.45, 2.75) is 6.92 Å². The van der Waals surface area contributed by atoms with E-state index in [2.05, 4.69) is 10.4 Å². The van der Waals surface area contributed by atoms with Crippen LogP contribution in [0.25, 0.3) is 10.9 Å². The van der Waals surface area contributed by atoms with Crippen molar-refractivity contribution in [1.29, 1.82) is 0 Å². The number of fused-ring (bicyclic) bond motifs is 1.